The molecule has 0 aromatic heterocycles. The second-order valence-electron chi connectivity index (χ2n) is 5.64. The molecule has 1 aliphatic carbocycles. The SMILES string of the molecule is CCN(CC)C1(C(=O)Cc2cccc(F)c2)CCCC1. The lowest BCUT2D eigenvalue weighted by Gasteiger charge is -2.39. The van der Waals surface area contributed by atoms with E-state index in [0.717, 1.165) is 44.3 Å². The molecule has 1 aliphatic rings. The Morgan fingerprint density at radius 1 is 1.25 bits per heavy atom. The van der Waals surface area contributed by atoms with E-state index in [1.807, 2.05) is 6.07 Å². The van der Waals surface area contributed by atoms with Crippen LogP contribution >= 0.6 is 0 Å². The molecular weight excluding hydrogens is 253 g/mol. The summed E-state index contributed by atoms with van der Waals surface area (Å²) in [5.41, 5.74) is 0.476. The van der Waals surface area contributed by atoms with Crippen molar-refractivity contribution in [2.45, 2.75) is 51.5 Å². The fourth-order valence-corrected chi connectivity index (χ4v) is 3.56. The van der Waals surface area contributed by atoms with Crippen LogP contribution < -0.4 is 0 Å². The van der Waals surface area contributed by atoms with Crippen molar-refractivity contribution >= 4 is 5.78 Å². The third-order valence-corrected chi connectivity index (χ3v) is 4.57. The number of likely N-dealkylation sites (N-methyl/N-ethyl adjacent to an activating group) is 1. The zero-order valence-electron chi connectivity index (χ0n) is 12.5. The number of carbonyl (C=O) groups excluding carboxylic acids is 1. The second-order valence-corrected chi connectivity index (χ2v) is 5.64. The topological polar surface area (TPSA) is 20.3 Å². The normalized spacial score (nSPS) is 17.6. The van der Waals surface area contributed by atoms with E-state index in [4.69, 9.17) is 0 Å². The molecule has 1 aromatic rings. The van der Waals surface area contributed by atoms with Gasteiger partial charge in [-0.1, -0.05) is 38.8 Å². The number of rotatable bonds is 6. The Bertz CT molecular complexity index is 462. The minimum atomic E-state index is -0.310. The highest BCUT2D eigenvalue weighted by atomic mass is 19.1. The van der Waals surface area contributed by atoms with Crippen LogP contribution in [0.4, 0.5) is 4.39 Å². The van der Waals surface area contributed by atoms with E-state index >= 15 is 0 Å². The van der Waals surface area contributed by atoms with Crippen LogP contribution in [0.3, 0.4) is 0 Å². The fourth-order valence-electron chi connectivity index (χ4n) is 3.56. The van der Waals surface area contributed by atoms with Crippen LogP contribution in [0.1, 0.15) is 45.1 Å². The molecule has 3 heteroatoms. The predicted molar refractivity (Wildman–Crippen MR) is 79.2 cm³/mol. The molecule has 110 valence electrons. The zero-order valence-corrected chi connectivity index (χ0v) is 12.5. The van der Waals surface area contributed by atoms with Crippen LogP contribution in [0.2, 0.25) is 0 Å². The Kier molecular flexibility index (Phi) is 4.92. The van der Waals surface area contributed by atoms with E-state index in [9.17, 15) is 9.18 Å². The number of carbonyl (C=O) groups is 1. The van der Waals surface area contributed by atoms with Crippen molar-refractivity contribution in [3.8, 4) is 0 Å². The van der Waals surface area contributed by atoms with Crippen molar-refractivity contribution in [1.82, 2.24) is 4.90 Å². The third kappa shape index (κ3) is 2.93. The van der Waals surface area contributed by atoms with Gasteiger partial charge in [-0.15, -0.1) is 0 Å². The first-order chi connectivity index (χ1) is 9.62. The summed E-state index contributed by atoms with van der Waals surface area (Å²) in [6.45, 7) is 6.01. The van der Waals surface area contributed by atoms with E-state index in [2.05, 4.69) is 18.7 Å². The van der Waals surface area contributed by atoms with Gasteiger partial charge in [-0.2, -0.15) is 0 Å². The molecule has 0 amide bonds. The van der Waals surface area contributed by atoms with Gasteiger partial charge >= 0.3 is 0 Å². The zero-order chi connectivity index (χ0) is 14.6. The number of hydrogen-bond acceptors (Lipinski definition) is 2. The first kappa shape index (κ1) is 15.2. The first-order valence-electron chi connectivity index (χ1n) is 7.65. The van der Waals surface area contributed by atoms with E-state index in [1.54, 1.807) is 6.07 Å². The highest BCUT2D eigenvalue weighted by Crippen LogP contribution is 2.36. The Balaban J connectivity index is 2.19. The molecule has 0 heterocycles. The average molecular weight is 277 g/mol. The van der Waals surface area contributed by atoms with E-state index in [-0.39, 0.29) is 17.1 Å². The van der Waals surface area contributed by atoms with Gasteiger partial charge in [-0.3, -0.25) is 9.69 Å². The monoisotopic (exact) mass is 277 g/mol. The molecule has 1 aromatic carbocycles. The molecule has 1 saturated carbocycles. The van der Waals surface area contributed by atoms with Gasteiger partial charge in [-0.05, 0) is 43.6 Å². The number of ketones is 1. The largest absolute Gasteiger partial charge is 0.297 e. The number of hydrogen-bond donors (Lipinski definition) is 0. The molecule has 0 spiro atoms. The maximum absolute atomic E-state index is 13.3. The van der Waals surface area contributed by atoms with Crippen molar-refractivity contribution in [1.29, 1.82) is 0 Å². The van der Waals surface area contributed by atoms with Crippen molar-refractivity contribution in [3.05, 3.63) is 35.6 Å². The maximum atomic E-state index is 13.3. The standard InChI is InChI=1S/C17H24FNO/c1-3-19(4-2)17(10-5-6-11-17)16(20)13-14-8-7-9-15(18)12-14/h7-9,12H,3-6,10-11,13H2,1-2H3. The van der Waals surface area contributed by atoms with Crippen LogP contribution in [-0.2, 0) is 11.2 Å². The van der Waals surface area contributed by atoms with Gasteiger partial charge in [0.2, 0.25) is 0 Å². The molecule has 2 nitrogen and oxygen atoms in total. The summed E-state index contributed by atoms with van der Waals surface area (Å²) in [5, 5.41) is 0. The van der Waals surface area contributed by atoms with Gasteiger partial charge in [-0.25, -0.2) is 4.39 Å². The quantitative estimate of drug-likeness (QED) is 0.792. The molecule has 2 rings (SSSR count). The van der Waals surface area contributed by atoms with E-state index in [0.29, 0.717) is 6.42 Å². The summed E-state index contributed by atoms with van der Waals surface area (Å²) < 4.78 is 13.3. The minimum absolute atomic E-state index is 0.254. The Morgan fingerprint density at radius 2 is 1.90 bits per heavy atom. The molecule has 0 aliphatic heterocycles. The first-order valence-corrected chi connectivity index (χ1v) is 7.65. The van der Waals surface area contributed by atoms with Crippen molar-refractivity contribution in [3.63, 3.8) is 0 Å². The summed E-state index contributed by atoms with van der Waals surface area (Å²) in [5.74, 6) is -0.0112. The lowest BCUT2D eigenvalue weighted by atomic mass is 9.86. The molecule has 0 unspecified atom stereocenters. The molecule has 0 N–H and O–H groups in total. The highest BCUT2D eigenvalue weighted by molar-refractivity contribution is 5.90. The Labute approximate surface area is 121 Å². The number of halogens is 1. The molecular formula is C17H24FNO. The van der Waals surface area contributed by atoms with Gasteiger partial charge in [0, 0.05) is 6.42 Å². The average Bonchev–Trinajstić information content (AvgIpc) is 2.91. The molecule has 0 saturated heterocycles. The van der Waals surface area contributed by atoms with Crippen molar-refractivity contribution in [2.24, 2.45) is 0 Å². The summed E-state index contributed by atoms with van der Waals surface area (Å²) in [7, 11) is 0. The van der Waals surface area contributed by atoms with Crippen LogP contribution in [0, 0.1) is 5.82 Å². The van der Waals surface area contributed by atoms with E-state index in [1.165, 1.54) is 12.1 Å². The molecule has 0 bridgehead atoms. The molecule has 0 radical (unpaired) electrons. The summed E-state index contributed by atoms with van der Waals surface area (Å²) in [6, 6.07) is 6.41. The summed E-state index contributed by atoms with van der Waals surface area (Å²) >= 11 is 0. The highest BCUT2D eigenvalue weighted by Gasteiger charge is 2.44. The van der Waals surface area contributed by atoms with Crippen LogP contribution in [0.15, 0.2) is 24.3 Å². The fraction of sp³-hybridized carbons (Fsp3) is 0.588. The van der Waals surface area contributed by atoms with Crippen LogP contribution in [0.25, 0.3) is 0 Å². The Hall–Kier alpha value is -1.22. The second kappa shape index (κ2) is 6.49. The molecule has 1 fully saturated rings. The van der Waals surface area contributed by atoms with Crippen LogP contribution in [0.5, 0.6) is 0 Å². The smallest absolute Gasteiger partial charge is 0.157 e. The molecule has 0 atom stereocenters. The van der Waals surface area contributed by atoms with Gasteiger partial charge in [0.05, 0.1) is 5.54 Å². The summed E-state index contributed by atoms with van der Waals surface area (Å²) in [4.78, 5) is 15.1. The number of nitrogens with zero attached hydrogens (tertiary/aromatic N) is 1. The lowest BCUT2D eigenvalue weighted by Crippen LogP contribution is -2.53. The lowest BCUT2D eigenvalue weighted by molar-refractivity contribution is -0.130. The number of Topliss-reactive ketones (excluding diaryl/α,β-unsaturated/α-hetero) is 1. The van der Waals surface area contributed by atoms with Gasteiger partial charge < -0.3 is 0 Å². The number of benzene rings is 1. The minimum Gasteiger partial charge on any atom is -0.297 e. The van der Waals surface area contributed by atoms with E-state index < -0.39 is 0 Å². The van der Waals surface area contributed by atoms with Gasteiger partial charge in [0.15, 0.2) is 5.78 Å². The third-order valence-electron chi connectivity index (χ3n) is 4.57. The molecule has 20 heavy (non-hydrogen) atoms. The van der Waals surface area contributed by atoms with Crippen molar-refractivity contribution < 1.29 is 9.18 Å². The van der Waals surface area contributed by atoms with Gasteiger partial charge in [0.1, 0.15) is 5.82 Å². The van der Waals surface area contributed by atoms with Crippen LogP contribution in [-0.4, -0.2) is 29.3 Å². The van der Waals surface area contributed by atoms with Gasteiger partial charge in [0.25, 0.3) is 0 Å². The summed E-state index contributed by atoms with van der Waals surface area (Å²) in [6.07, 6.45) is 4.47. The Morgan fingerprint density at radius 3 is 2.45 bits per heavy atom. The maximum Gasteiger partial charge on any atom is 0.157 e. The van der Waals surface area contributed by atoms with Crippen molar-refractivity contribution in [2.75, 3.05) is 13.1 Å². The predicted octanol–water partition coefficient (Wildman–Crippen LogP) is 3.59.